The Hall–Kier alpha value is -3.39. The van der Waals surface area contributed by atoms with Crippen LogP contribution in [0.1, 0.15) is 37.8 Å². The molecule has 2 unspecified atom stereocenters. The van der Waals surface area contributed by atoms with Crippen molar-refractivity contribution in [2.45, 2.75) is 44.6 Å². The molecule has 168 valence electrons. The summed E-state index contributed by atoms with van der Waals surface area (Å²) >= 11 is 0. The number of nitrogens with one attached hydrogen (secondary N) is 1. The minimum atomic E-state index is -1.16. The molecule has 0 aromatic heterocycles. The highest BCUT2D eigenvalue weighted by atomic mass is 16.6. The number of carbonyl (C=O) groups is 3. The molecular weight excluding hydrogens is 412 g/mol. The Balaban J connectivity index is 1.38. The summed E-state index contributed by atoms with van der Waals surface area (Å²) in [5, 5.41) is 11.9. The van der Waals surface area contributed by atoms with Crippen LogP contribution in [0.15, 0.2) is 48.5 Å². The third kappa shape index (κ3) is 3.82. The van der Waals surface area contributed by atoms with Gasteiger partial charge in [-0.15, -0.1) is 0 Å². The number of carboxylic acids is 1. The summed E-state index contributed by atoms with van der Waals surface area (Å²) in [7, 11) is 0. The molecule has 2 aromatic carbocycles. The molecule has 8 nitrogen and oxygen atoms in total. The van der Waals surface area contributed by atoms with Crippen LogP contribution in [0.2, 0.25) is 0 Å². The van der Waals surface area contributed by atoms with E-state index in [2.05, 4.69) is 5.32 Å². The van der Waals surface area contributed by atoms with Crippen molar-refractivity contribution < 1.29 is 29.0 Å². The molecule has 2 aliphatic rings. The molecule has 2 amide bonds. The van der Waals surface area contributed by atoms with Gasteiger partial charge < -0.3 is 19.9 Å². The van der Waals surface area contributed by atoms with Crippen molar-refractivity contribution in [1.82, 2.24) is 10.2 Å². The fraction of sp³-hybridized carbons (Fsp3) is 0.375. The molecule has 2 N–H and O–H groups in total. The summed E-state index contributed by atoms with van der Waals surface area (Å²) in [4.78, 5) is 37.8. The van der Waals surface area contributed by atoms with Gasteiger partial charge in [0, 0.05) is 5.92 Å². The number of carboxylic acid groups (broad SMARTS) is 1. The number of carbonyl (C=O) groups excluding carboxylic acids is 2. The van der Waals surface area contributed by atoms with E-state index in [1.54, 1.807) is 20.8 Å². The second-order valence-electron chi connectivity index (χ2n) is 8.50. The third-order valence-electron chi connectivity index (χ3n) is 6.03. The first-order valence-corrected chi connectivity index (χ1v) is 10.5. The lowest BCUT2D eigenvalue weighted by atomic mass is 9.98. The van der Waals surface area contributed by atoms with Crippen molar-refractivity contribution in [3.05, 3.63) is 59.7 Å². The van der Waals surface area contributed by atoms with Gasteiger partial charge in [-0.05, 0) is 43.0 Å². The van der Waals surface area contributed by atoms with E-state index in [0.29, 0.717) is 0 Å². The van der Waals surface area contributed by atoms with Crippen LogP contribution < -0.4 is 5.32 Å². The van der Waals surface area contributed by atoms with E-state index in [1.807, 2.05) is 48.5 Å². The van der Waals surface area contributed by atoms with Gasteiger partial charge in [-0.2, -0.15) is 0 Å². The number of benzene rings is 2. The smallest absolute Gasteiger partial charge is 0.407 e. The first-order valence-electron chi connectivity index (χ1n) is 10.5. The second-order valence-corrected chi connectivity index (χ2v) is 8.50. The second kappa shape index (κ2) is 8.27. The van der Waals surface area contributed by atoms with Crippen LogP contribution in [-0.2, 0) is 19.1 Å². The first kappa shape index (κ1) is 21.8. The fourth-order valence-corrected chi connectivity index (χ4v) is 4.77. The quantitative estimate of drug-likeness (QED) is 0.744. The Labute approximate surface area is 186 Å². The van der Waals surface area contributed by atoms with E-state index in [0.717, 1.165) is 27.2 Å². The van der Waals surface area contributed by atoms with Gasteiger partial charge in [0.25, 0.3) is 0 Å². The Kier molecular flexibility index (Phi) is 5.64. The van der Waals surface area contributed by atoms with Crippen LogP contribution in [0.4, 0.5) is 4.79 Å². The van der Waals surface area contributed by atoms with Crippen molar-refractivity contribution in [3.63, 3.8) is 0 Å². The maximum atomic E-state index is 12.7. The zero-order chi connectivity index (χ0) is 23.0. The SMILES string of the molecule is CC1OC(C)(C)N(C(=O)CNC(=O)OCC2c3ccccc3-c3ccccc32)C1C(=O)O. The van der Waals surface area contributed by atoms with Gasteiger partial charge in [-0.1, -0.05) is 48.5 Å². The monoisotopic (exact) mass is 438 g/mol. The molecule has 32 heavy (non-hydrogen) atoms. The molecule has 1 heterocycles. The highest BCUT2D eigenvalue weighted by Gasteiger charge is 2.51. The molecule has 0 spiro atoms. The van der Waals surface area contributed by atoms with Gasteiger partial charge in [0.15, 0.2) is 6.04 Å². The van der Waals surface area contributed by atoms with Gasteiger partial charge >= 0.3 is 12.1 Å². The van der Waals surface area contributed by atoms with Crippen molar-refractivity contribution in [3.8, 4) is 11.1 Å². The van der Waals surface area contributed by atoms with Crippen LogP contribution in [-0.4, -0.2) is 59.0 Å². The van der Waals surface area contributed by atoms with Gasteiger partial charge in [0.05, 0.1) is 6.10 Å². The zero-order valence-corrected chi connectivity index (χ0v) is 18.2. The lowest BCUT2D eigenvalue weighted by Gasteiger charge is -2.32. The molecule has 0 saturated carbocycles. The lowest BCUT2D eigenvalue weighted by molar-refractivity contribution is -0.154. The normalized spacial score (nSPS) is 21.0. The minimum Gasteiger partial charge on any atom is -0.480 e. The molecule has 0 bridgehead atoms. The number of fused-ring (bicyclic) bond motifs is 3. The van der Waals surface area contributed by atoms with E-state index >= 15 is 0 Å². The molecule has 4 rings (SSSR count). The Morgan fingerprint density at radius 2 is 1.62 bits per heavy atom. The van der Waals surface area contributed by atoms with Crippen LogP contribution in [0.5, 0.6) is 0 Å². The van der Waals surface area contributed by atoms with Crippen LogP contribution >= 0.6 is 0 Å². The van der Waals surface area contributed by atoms with E-state index in [4.69, 9.17) is 9.47 Å². The number of alkyl carbamates (subject to hydrolysis) is 1. The number of ether oxygens (including phenoxy) is 2. The molecule has 1 aliphatic heterocycles. The minimum absolute atomic E-state index is 0.0907. The lowest BCUT2D eigenvalue weighted by Crippen LogP contribution is -2.54. The predicted octanol–water partition coefficient (Wildman–Crippen LogP) is 2.96. The standard InChI is InChI=1S/C24H26N2O6/c1-14-21(22(28)29)26(24(2,3)32-14)20(27)12-25-23(30)31-13-19-17-10-6-4-8-15(17)16-9-5-7-11-18(16)19/h4-11,14,19,21H,12-13H2,1-3H3,(H,25,30)(H,28,29). The highest BCUT2D eigenvalue weighted by molar-refractivity contribution is 5.88. The molecule has 1 aliphatic carbocycles. The Morgan fingerprint density at radius 3 is 2.19 bits per heavy atom. The summed E-state index contributed by atoms with van der Waals surface area (Å²) in [5.41, 5.74) is 3.33. The van der Waals surface area contributed by atoms with Gasteiger partial charge in [0.1, 0.15) is 18.9 Å². The summed E-state index contributed by atoms with van der Waals surface area (Å²) in [5.74, 6) is -1.80. The summed E-state index contributed by atoms with van der Waals surface area (Å²) < 4.78 is 11.1. The number of rotatable bonds is 5. The van der Waals surface area contributed by atoms with Crippen molar-refractivity contribution in [2.75, 3.05) is 13.2 Å². The summed E-state index contributed by atoms with van der Waals surface area (Å²) in [6.07, 6.45) is -1.40. The number of nitrogens with zero attached hydrogens (tertiary/aromatic N) is 1. The van der Waals surface area contributed by atoms with E-state index < -0.39 is 35.8 Å². The maximum absolute atomic E-state index is 12.7. The van der Waals surface area contributed by atoms with E-state index in [9.17, 15) is 19.5 Å². The topological polar surface area (TPSA) is 105 Å². The van der Waals surface area contributed by atoms with E-state index in [-0.39, 0.29) is 19.1 Å². The maximum Gasteiger partial charge on any atom is 0.407 e. The van der Waals surface area contributed by atoms with Crippen molar-refractivity contribution in [2.24, 2.45) is 0 Å². The average Bonchev–Trinajstić information content (AvgIpc) is 3.20. The molecule has 1 fully saturated rings. The van der Waals surface area contributed by atoms with Crippen LogP contribution in [0.25, 0.3) is 11.1 Å². The van der Waals surface area contributed by atoms with Crippen molar-refractivity contribution in [1.29, 1.82) is 0 Å². The molecule has 2 atom stereocenters. The number of amides is 2. The predicted molar refractivity (Wildman–Crippen MR) is 116 cm³/mol. The number of hydrogen-bond donors (Lipinski definition) is 2. The van der Waals surface area contributed by atoms with Crippen LogP contribution in [0, 0.1) is 0 Å². The van der Waals surface area contributed by atoms with Gasteiger partial charge in [-0.25, -0.2) is 9.59 Å². The Morgan fingerprint density at radius 1 is 1.06 bits per heavy atom. The van der Waals surface area contributed by atoms with Gasteiger partial charge in [-0.3, -0.25) is 9.69 Å². The zero-order valence-electron chi connectivity index (χ0n) is 18.2. The first-order chi connectivity index (χ1) is 15.2. The summed E-state index contributed by atoms with van der Waals surface area (Å²) in [6, 6.07) is 14.9. The molecular formula is C24H26N2O6. The number of aliphatic carboxylic acids is 1. The van der Waals surface area contributed by atoms with Crippen LogP contribution in [0.3, 0.4) is 0 Å². The van der Waals surface area contributed by atoms with Gasteiger partial charge in [0.2, 0.25) is 5.91 Å². The molecule has 0 radical (unpaired) electrons. The summed E-state index contributed by atoms with van der Waals surface area (Å²) in [6.45, 7) is 4.59. The molecule has 2 aromatic rings. The van der Waals surface area contributed by atoms with E-state index in [1.165, 1.54) is 0 Å². The third-order valence-corrected chi connectivity index (χ3v) is 6.03. The average molecular weight is 438 g/mol. The largest absolute Gasteiger partial charge is 0.480 e. The molecule has 1 saturated heterocycles. The number of hydrogen-bond acceptors (Lipinski definition) is 5. The Bertz CT molecular complexity index is 1020. The van der Waals surface area contributed by atoms with Crippen molar-refractivity contribution >= 4 is 18.0 Å². The fourth-order valence-electron chi connectivity index (χ4n) is 4.77. The highest BCUT2D eigenvalue weighted by Crippen LogP contribution is 2.44. The molecule has 8 heteroatoms.